The van der Waals surface area contributed by atoms with Crippen molar-refractivity contribution in [1.29, 1.82) is 0 Å². The van der Waals surface area contributed by atoms with Gasteiger partial charge < -0.3 is 37.0 Å². The molecule has 3 amide bonds. The lowest BCUT2D eigenvalue weighted by atomic mass is 10.1. The van der Waals surface area contributed by atoms with Crippen LogP contribution < -0.4 is 21.7 Å². The van der Waals surface area contributed by atoms with Crippen LogP contribution in [0.4, 0.5) is 0 Å². The van der Waals surface area contributed by atoms with Gasteiger partial charge in [-0.3, -0.25) is 24.0 Å². The van der Waals surface area contributed by atoms with Gasteiger partial charge in [-0.1, -0.05) is 0 Å². The number of carboxylic acids is 2. The van der Waals surface area contributed by atoms with Crippen molar-refractivity contribution in [3.05, 3.63) is 0 Å². The summed E-state index contributed by atoms with van der Waals surface area (Å²) in [5.74, 6) is -5.26. The zero-order valence-electron chi connectivity index (χ0n) is 13.7. The second kappa shape index (κ2) is 10.2. The van der Waals surface area contributed by atoms with Gasteiger partial charge in [-0.15, -0.1) is 0 Å². The summed E-state index contributed by atoms with van der Waals surface area (Å²) in [6.45, 7) is 1.83. The van der Waals surface area contributed by atoms with Crippen LogP contribution in [-0.4, -0.2) is 75.8 Å². The van der Waals surface area contributed by atoms with Crippen LogP contribution in [0.15, 0.2) is 0 Å². The van der Waals surface area contributed by atoms with Gasteiger partial charge in [-0.05, 0) is 13.8 Å². The normalized spacial score (nSPS) is 15.2. The highest BCUT2D eigenvalue weighted by Gasteiger charge is 2.30. The van der Waals surface area contributed by atoms with E-state index in [0.717, 1.165) is 0 Å². The molecule has 0 aromatic rings. The van der Waals surface area contributed by atoms with Gasteiger partial charge in [0.15, 0.2) is 0 Å². The molecule has 4 unspecified atom stereocenters. The lowest BCUT2D eigenvalue weighted by Gasteiger charge is -2.24. The molecule has 8 N–H and O–H groups in total. The van der Waals surface area contributed by atoms with Crippen molar-refractivity contribution in [3.8, 4) is 0 Å². The summed E-state index contributed by atoms with van der Waals surface area (Å²) in [5, 5.41) is 33.0. The number of hydrogen-bond acceptors (Lipinski definition) is 7. The van der Waals surface area contributed by atoms with Crippen LogP contribution in [0.1, 0.15) is 20.3 Å². The highest BCUT2D eigenvalue weighted by atomic mass is 16.4. The summed E-state index contributed by atoms with van der Waals surface area (Å²) in [7, 11) is 0. The topological polar surface area (TPSA) is 208 Å². The van der Waals surface area contributed by atoms with Crippen LogP contribution in [0.3, 0.4) is 0 Å². The molecule has 12 heteroatoms. The van der Waals surface area contributed by atoms with E-state index >= 15 is 0 Å². The molecule has 0 heterocycles. The number of carbonyl (C=O) groups excluding carboxylic acids is 3. The van der Waals surface area contributed by atoms with Crippen LogP contribution in [-0.2, 0) is 24.0 Å². The Labute approximate surface area is 142 Å². The highest BCUT2D eigenvalue weighted by Crippen LogP contribution is 1.98. The monoisotopic (exact) mass is 362 g/mol. The lowest BCUT2D eigenvalue weighted by molar-refractivity contribution is -0.140. The molecule has 0 saturated heterocycles. The first-order valence-corrected chi connectivity index (χ1v) is 7.21. The van der Waals surface area contributed by atoms with Gasteiger partial charge in [-0.25, -0.2) is 0 Å². The van der Waals surface area contributed by atoms with Crippen molar-refractivity contribution in [2.45, 2.75) is 44.5 Å². The first-order valence-electron chi connectivity index (χ1n) is 7.21. The Balaban J connectivity index is 4.78. The summed E-state index contributed by atoms with van der Waals surface area (Å²) in [4.78, 5) is 56.3. The Morgan fingerprint density at radius 2 is 1.48 bits per heavy atom. The molecule has 4 atom stereocenters. The molecule has 0 spiro atoms. The van der Waals surface area contributed by atoms with E-state index in [1.54, 1.807) is 0 Å². The third kappa shape index (κ3) is 8.62. The molecular weight excluding hydrogens is 340 g/mol. The molecule has 0 bridgehead atoms. The zero-order chi connectivity index (χ0) is 19.7. The average Bonchev–Trinajstić information content (AvgIpc) is 2.48. The second-order valence-electron chi connectivity index (χ2n) is 5.27. The fourth-order valence-electron chi connectivity index (χ4n) is 1.63. The summed E-state index contributed by atoms with van der Waals surface area (Å²) in [6.07, 6.45) is -2.04. The molecule has 0 aromatic heterocycles. The summed E-state index contributed by atoms with van der Waals surface area (Å²) >= 11 is 0. The maximum atomic E-state index is 12.1. The number of hydrogen-bond donors (Lipinski definition) is 7. The number of amides is 3. The number of aliphatic hydroxyl groups is 1. The van der Waals surface area contributed by atoms with Gasteiger partial charge in [-0.2, -0.15) is 0 Å². The van der Waals surface area contributed by atoms with Gasteiger partial charge in [0.1, 0.15) is 18.6 Å². The van der Waals surface area contributed by atoms with Gasteiger partial charge >= 0.3 is 11.9 Å². The third-order valence-electron chi connectivity index (χ3n) is 2.96. The van der Waals surface area contributed by atoms with E-state index in [1.807, 2.05) is 5.32 Å². The average molecular weight is 362 g/mol. The SMILES string of the molecule is CC(NC(=O)C(NC(=O)C(N)CC(=O)O)C(C)O)C(=O)NCC(=O)O. The summed E-state index contributed by atoms with van der Waals surface area (Å²) in [6, 6.07) is -4.05. The Morgan fingerprint density at radius 1 is 0.920 bits per heavy atom. The summed E-state index contributed by atoms with van der Waals surface area (Å²) < 4.78 is 0. The summed E-state index contributed by atoms with van der Waals surface area (Å²) in [5.41, 5.74) is 5.36. The number of nitrogens with one attached hydrogen (secondary N) is 3. The smallest absolute Gasteiger partial charge is 0.322 e. The largest absolute Gasteiger partial charge is 0.481 e. The molecule has 142 valence electrons. The number of nitrogens with two attached hydrogens (primary N) is 1. The molecular formula is C13H22N4O8. The Hall–Kier alpha value is -2.73. The minimum atomic E-state index is -1.48. The van der Waals surface area contributed by atoms with Crippen LogP contribution in [0.5, 0.6) is 0 Å². The van der Waals surface area contributed by atoms with E-state index < -0.39 is 66.9 Å². The van der Waals surface area contributed by atoms with E-state index in [2.05, 4.69) is 10.6 Å². The molecule has 0 radical (unpaired) electrons. The van der Waals surface area contributed by atoms with Crippen molar-refractivity contribution in [3.63, 3.8) is 0 Å². The molecule has 12 nitrogen and oxygen atoms in total. The maximum absolute atomic E-state index is 12.1. The van der Waals surface area contributed by atoms with Gasteiger partial charge in [0.2, 0.25) is 17.7 Å². The van der Waals surface area contributed by atoms with Crippen LogP contribution in [0, 0.1) is 0 Å². The van der Waals surface area contributed by atoms with Crippen molar-refractivity contribution in [2.24, 2.45) is 5.73 Å². The highest BCUT2D eigenvalue weighted by molar-refractivity contribution is 5.94. The quantitative estimate of drug-likeness (QED) is 0.204. The predicted molar refractivity (Wildman–Crippen MR) is 82.1 cm³/mol. The Kier molecular flexibility index (Phi) is 9.09. The van der Waals surface area contributed by atoms with Gasteiger partial charge in [0, 0.05) is 0 Å². The van der Waals surface area contributed by atoms with Crippen molar-refractivity contribution >= 4 is 29.7 Å². The minimum Gasteiger partial charge on any atom is -0.481 e. The number of aliphatic carboxylic acids is 2. The van der Waals surface area contributed by atoms with Crippen LogP contribution >= 0.6 is 0 Å². The lowest BCUT2D eigenvalue weighted by Crippen LogP contribution is -2.58. The Bertz CT molecular complexity index is 536. The van der Waals surface area contributed by atoms with Crippen LogP contribution in [0.2, 0.25) is 0 Å². The predicted octanol–water partition coefficient (Wildman–Crippen LogP) is -3.64. The molecule has 0 aliphatic carbocycles. The number of rotatable bonds is 10. The molecule has 0 rings (SSSR count). The van der Waals surface area contributed by atoms with Gasteiger partial charge in [0.05, 0.1) is 18.6 Å². The van der Waals surface area contributed by atoms with E-state index in [-0.39, 0.29) is 0 Å². The second-order valence-corrected chi connectivity index (χ2v) is 5.27. The molecule has 0 aliphatic heterocycles. The fraction of sp³-hybridized carbons (Fsp3) is 0.615. The van der Waals surface area contributed by atoms with Crippen molar-refractivity contribution in [1.82, 2.24) is 16.0 Å². The molecule has 0 aliphatic rings. The minimum absolute atomic E-state index is 0.639. The molecule has 0 aromatic carbocycles. The standard InChI is InChI=1S/C13H22N4O8/c1-5(11(23)15-4-9(21)22)16-13(25)10(6(2)18)17-12(24)7(14)3-8(19)20/h5-7,10,18H,3-4,14H2,1-2H3,(H,15,23)(H,16,25)(H,17,24)(H,19,20)(H,21,22). The molecule has 0 saturated carbocycles. The fourth-order valence-corrected chi connectivity index (χ4v) is 1.63. The Morgan fingerprint density at radius 3 is 1.92 bits per heavy atom. The van der Waals surface area contributed by atoms with E-state index in [0.29, 0.717) is 0 Å². The first-order chi connectivity index (χ1) is 11.5. The van der Waals surface area contributed by atoms with Crippen molar-refractivity contribution in [2.75, 3.05) is 6.54 Å². The molecule has 0 fully saturated rings. The number of aliphatic hydroxyl groups excluding tert-OH is 1. The maximum Gasteiger partial charge on any atom is 0.322 e. The molecule has 25 heavy (non-hydrogen) atoms. The number of carbonyl (C=O) groups is 5. The van der Waals surface area contributed by atoms with E-state index in [9.17, 15) is 29.1 Å². The number of carboxylic acid groups (broad SMARTS) is 2. The first kappa shape index (κ1) is 22.3. The zero-order valence-corrected chi connectivity index (χ0v) is 13.7. The third-order valence-corrected chi connectivity index (χ3v) is 2.96. The van der Waals surface area contributed by atoms with Crippen LogP contribution in [0.25, 0.3) is 0 Å². The van der Waals surface area contributed by atoms with Crippen molar-refractivity contribution < 1.29 is 39.3 Å². The van der Waals surface area contributed by atoms with Gasteiger partial charge in [0.25, 0.3) is 0 Å². The van der Waals surface area contributed by atoms with E-state index in [1.165, 1.54) is 13.8 Å². The van der Waals surface area contributed by atoms with E-state index in [4.69, 9.17) is 15.9 Å².